The molecule has 3 aromatic rings. The number of carboxylic acids is 1. The van der Waals surface area contributed by atoms with Gasteiger partial charge in [0.15, 0.2) is 0 Å². The number of hydrogen-bond donors (Lipinski definition) is 1. The van der Waals surface area contributed by atoms with Crippen LogP contribution >= 0.6 is 0 Å². The predicted molar refractivity (Wildman–Crippen MR) is 91.6 cm³/mol. The normalized spacial score (nSPS) is 10.6. The molecule has 2 aromatic carbocycles. The van der Waals surface area contributed by atoms with Gasteiger partial charge in [0.2, 0.25) is 0 Å². The Morgan fingerprint density at radius 3 is 2.62 bits per heavy atom. The van der Waals surface area contributed by atoms with Gasteiger partial charge in [-0.25, -0.2) is 0 Å². The van der Waals surface area contributed by atoms with E-state index in [0.29, 0.717) is 6.42 Å². The summed E-state index contributed by atoms with van der Waals surface area (Å²) < 4.78 is 1.86. The number of nitrogens with zero attached hydrogens (tertiary/aromatic N) is 2. The van der Waals surface area contributed by atoms with Crippen LogP contribution in [-0.2, 0) is 18.3 Å². The summed E-state index contributed by atoms with van der Waals surface area (Å²) in [7, 11) is 1.93. The second-order valence-electron chi connectivity index (χ2n) is 6.03. The molecule has 132 valence electrons. The summed E-state index contributed by atoms with van der Waals surface area (Å²) in [5, 5.41) is 14.3. The molecule has 0 radical (unpaired) electrons. The first kappa shape index (κ1) is 19.2. The van der Waals surface area contributed by atoms with E-state index in [1.54, 1.807) is 0 Å². The zero-order chi connectivity index (χ0) is 16.6. The number of carbonyl (C=O) groups is 1. The van der Waals surface area contributed by atoms with E-state index >= 15 is 0 Å². The first-order valence-electron chi connectivity index (χ1n) is 7.70. The van der Waals surface area contributed by atoms with Crippen molar-refractivity contribution in [2.45, 2.75) is 26.7 Å². The summed E-state index contributed by atoms with van der Waals surface area (Å²) in [4.78, 5) is 10.8. The number of aliphatic carboxylic acids is 1. The van der Waals surface area contributed by atoms with E-state index in [1.807, 2.05) is 24.9 Å². The van der Waals surface area contributed by atoms with Crippen LogP contribution < -0.4 is 0 Å². The van der Waals surface area contributed by atoms with E-state index in [-0.39, 0.29) is 53.3 Å². The van der Waals surface area contributed by atoms with Gasteiger partial charge in [-0.15, -0.1) is 0 Å². The van der Waals surface area contributed by atoms with Gasteiger partial charge in [0.05, 0.1) is 11.7 Å². The SMILES string of the molecule is Cc1cc(C)c(-c2ccc3c(cnn3C)c2)cc1CCC(=O)O.[Yb]. The predicted octanol–water partition coefficient (Wildman–Crippen LogP) is 3.87. The Kier molecular flexibility index (Phi) is 6.29. The number of rotatable bonds is 4. The first-order valence-corrected chi connectivity index (χ1v) is 7.70. The second kappa shape index (κ2) is 7.85. The minimum atomic E-state index is -0.761. The maximum absolute atomic E-state index is 10.8. The van der Waals surface area contributed by atoms with Crippen LogP contribution in [0.1, 0.15) is 23.1 Å². The van der Waals surface area contributed by atoms with Crippen molar-refractivity contribution in [1.29, 1.82) is 0 Å². The Balaban J connectivity index is 0.00000208. The summed E-state index contributed by atoms with van der Waals surface area (Å²) in [6.45, 7) is 4.13. The molecule has 5 heteroatoms. The monoisotopic (exact) mass is 482 g/mol. The van der Waals surface area contributed by atoms with E-state index in [0.717, 1.165) is 33.2 Å². The topological polar surface area (TPSA) is 55.1 Å². The summed E-state index contributed by atoms with van der Waals surface area (Å²) in [5.41, 5.74) is 6.84. The fourth-order valence-electron chi connectivity index (χ4n) is 3.05. The van der Waals surface area contributed by atoms with E-state index in [9.17, 15) is 4.79 Å². The first-order chi connectivity index (χ1) is 11.0. The minimum absolute atomic E-state index is 0. The molecule has 1 heterocycles. The third kappa shape index (κ3) is 3.93. The second-order valence-corrected chi connectivity index (χ2v) is 6.03. The number of benzene rings is 2. The fourth-order valence-corrected chi connectivity index (χ4v) is 3.05. The molecule has 0 spiro atoms. The van der Waals surface area contributed by atoms with E-state index < -0.39 is 5.97 Å². The van der Waals surface area contributed by atoms with Gasteiger partial charge < -0.3 is 5.11 Å². The Hall–Kier alpha value is -1.10. The van der Waals surface area contributed by atoms with Gasteiger partial charge in [0.1, 0.15) is 0 Å². The van der Waals surface area contributed by atoms with Crippen LogP contribution in [0.3, 0.4) is 0 Å². The van der Waals surface area contributed by atoms with Crippen molar-refractivity contribution in [3.8, 4) is 11.1 Å². The van der Waals surface area contributed by atoms with Crippen molar-refractivity contribution < 1.29 is 56.8 Å². The van der Waals surface area contributed by atoms with Gasteiger partial charge in [-0.05, 0) is 60.2 Å². The van der Waals surface area contributed by atoms with Crippen LogP contribution in [0.2, 0.25) is 0 Å². The Morgan fingerprint density at radius 2 is 1.92 bits per heavy atom. The molecule has 0 amide bonds. The molecule has 0 aliphatic rings. The summed E-state index contributed by atoms with van der Waals surface area (Å²) in [6, 6.07) is 10.6. The third-order valence-electron chi connectivity index (χ3n) is 4.35. The van der Waals surface area contributed by atoms with Crippen molar-refractivity contribution in [3.63, 3.8) is 0 Å². The fraction of sp³-hybridized carbons (Fsp3) is 0.263. The van der Waals surface area contributed by atoms with Crippen molar-refractivity contribution in [3.05, 3.63) is 53.2 Å². The van der Waals surface area contributed by atoms with Crippen LogP contribution in [0, 0.1) is 60.8 Å². The molecule has 1 aromatic heterocycles. The summed E-state index contributed by atoms with van der Waals surface area (Å²) in [5.74, 6) is -0.761. The summed E-state index contributed by atoms with van der Waals surface area (Å²) in [6.07, 6.45) is 2.59. The Morgan fingerprint density at radius 1 is 1.17 bits per heavy atom. The Bertz CT molecular complexity index is 900. The zero-order valence-electron chi connectivity index (χ0n) is 13.9. The van der Waals surface area contributed by atoms with Gasteiger partial charge in [-0.1, -0.05) is 18.2 Å². The van der Waals surface area contributed by atoms with Crippen LogP contribution in [0.5, 0.6) is 0 Å². The molecule has 0 atom stereocenters. The molecule has 1 N–H and O–H groups in total. The average Bonchev–Trinajstić information content (AvgIpc) is 2.87. The molecule has 24 heavy (non-hydrogen) atoms. The van der Waals surface area contributed by atoms with E-state index in [2.05, 4.69) is 42.4 Å². The molecular weight excluding hydrogens is 461 g/mol. The van der Waals surface area contributed by atoms with E-state index in [4.69, 9.17) is 5.11 Å². The smallest absolute Gasteiger partial charge is 0.303 e. The molecular formula is C19H20N2O2Yb. The number of aryl methyl sites for hydroxylation is 4. The van der Waals surface area contributed by atoms with E-state index in [1.165, 1.54) is 5.56 Å². The molecule has 0 aliphatic heterocycles. The van der Waals surface area contributed by atoms with Crippen LogP contribution in [0.15, 0.2) is 36.5 Å². The van der Waals surface area contributed by atoms with Crippen molar-refractivity contribution in [2.24, 2.45) is 7.05 Å². The molecule has 3 rings (SSSR count). The third-order valence-corrected chi connectivity index (χ3v) is 4.35. The maximum Gasteiger partial charge on any atom is 0.303 e. The van der Waals surface area contributed by atoms with Gasteiger partial charge in [0, 0.05) is 65.8 Å². The Labute approximate surface area is 180 Å². The van der Waals surface area contributed by atoms with Gasteiger partial charge in [-0.2, -0.15) is 5.10 Å². The van der Waals surface area contributed by atoms with Gasteiger partial charge >= 0.3 is 5.97 Å². The number of fused-ring (bicyclic) bond motifs is 1. The quantitative estimate of drug-likeness (QED) is 0.616. The van der Waals surface area contributed by atoms with Crippen LogP contribution in [0.4, 0.5) is 0 Å². The molecule has 4 nitrogen and oxygen atoms in total. The van der Waals surface area contributed by atoms with Crippen molar-refractivity contribution in [1.82, 2.24) is 9.78 Å². The summed E-state index contributed by atoms with van der Waals surface area (Å²) >= 11 is 0. The molecule has 0 aliphatic carbocycles. The zero-order valence-corrected chi connectivity index (χ0v) is 15.6. The van der Waals surface area contributed by atoms with Crippen LogP contribution in [0.25, 0.3) is 22.0 Å². The number of aromatic nitrogens is 2. The number of carboxylic acid groups (broad SMARTS) is 1. The van der Waals surface area contributed by atoms with Crippen molar-refractivity contribution in [2.75, 3.05) is 0 Å². The standard InChI is InChI=1S/C19H20N2O2.Yb/c1-12-8-13(2)17(10-14(12)5-7-19(22)23)15-4-6-18-16(9-15)11-20-21(18)3;/h4,6,8-11H,5,7H2,1-3H3,(H,22,23);. The number of hydrogen-bond acceptors (Lipinski definition) is 2. The molecule has 0 unspecified atom stereocenters. The molecule has 0 saturated carbocycles. The minimum Gasteiger partial charge on any atom is -0.481 e. The maximum atomic E-state index is 10.8. The largest absolute Gasteiger partial charge is 0.481 e. The average molecular weight is 481 g/mol. The van der Waals surface area contributed by atoms with Gasteiger partial charge in [-0.3, -0.25) is 9.48 Å². The molecule has 0 fully saturated rings. The molecule has 0 saturated heterocycles. The van der Waals surface area contributed by atoms with Crippen molar-refractivity contribution >= 4 is 16.9 Å². The van der Waals surface area contributed by atoms with Gasteiger partial charge in [0.25, 0.3) is 0 Å². The van der Waals surface area contributed by atoms with Crippen LogP contribution in [-0.4, -0.2) is 20.9 Å². The molecule has 0 bridgehead atoms.